The first kappa shape index (κ1) is 22.9. The standard InChI is InChI=1S/C23H26F2N6O2S/c24-13-4-1-5-14(25)17(13)23-31(20(21(27)33)22(28)34-23)15-9-29-18-12(6-7-16(18)32)19(15)30-8-2-3-11(26)10-30/h1,4-5,9,11,16,23,32H,2-3,6-8,10,26,28H2,(H2,27,33)/t11-,16+,23?/m0/s1. The van der Waals surface area contributed by atoms with Gasteiger partial charge in [0.2, 0.25) is 0 Å². The first-order chi connectivity index (χ1) is 16.3. The molecular formula is C23H26F2N6O2S. The molecule has 0 spiro atoms. The van der Waals surface area contributed by atoms with Crippen molar-refractivity contribution in [3.63, 3.8) is 0 Å². The Morgan fingerprint density at radius 3 is 2.65 bits per heavy atom. The fourth-order valence-corrected chi connectivity index (χ4v) is 6.34. The first-order valence-electron chi connectivity index (χ1n) is 11.2. The van der Waals surface area contributed by atoms with Crippen molar-refractivity contribution < 1.29 is 18.7 Å². The number of piperidine rings is 1. The van der Waals surface area contributed by atoms with E-state index in [1.807, 2.05) is 0 Å². The van der Waals surface area contributed by atoms with Crippen LogP contribution in [-0.2, 0) is 11.2 Å². The molecule has 0 bridgehead atoms. The molecule has 34 heavy (non-hydrogen) atoms. The third kappa shape index (κ3) is 3.68. The zero-order valence-corrected chi connectivity index (χ0v) is 19.2. The van der Waals surface area contributed by atoms with Crippen LogP contribution in [0.2, 0.25) is 0 Å². The van der Waals surface area contributed by atoms with Gasteiger partial charge in [0.15, 0.2) is 0 Å². The molecule has 3 atom stereocenters. The number of benzene rings is 1. The summed E-state index contributed by atoms with van der Waals surface area (Å²) in [5.74, 6) is -2.33. The number of anilines is 2. The average Bonchev–Trinajstić information content (AvgIpc) is 3.33. The number of aliphatic hydroxyl groups is 1. The Hall–Kier alpha value is -2.89. The Morgan fingerprint density at radius 2 is 1.97 bits per heavy atom. The van der Waals surface area contributed by atoms with Crippen LogP contribution in [0.1, 0.15) is 47.6 Å². The third-order valence-corrected chi connectivity index (χ3v) is 7.73. The number of nitrogens with zero attached hydrogens (tertiary/aromatic N) is 3. The number of halogens is 2. The number of carbonyl (C=O) groups excluding carboxylic acids is 1. The van der Waals surface area contributed by atoms with E-state index in [0.717, 1.165) is 48.0 Å². The minimum atomic E-state index is -1.01. The predicted octanol–water partition coefficient (Wildman–Crippen LogP) is 2.13. The number of fused-ring (bicyclic) bond motifs is 1. The molecule has 7 N–H and O–H groups in total. The minimum Gasteiger partial charge on any atom is -0.392 e. The van der Waals surface area contributed by atoms with E-state index in [1.165, 1.54) is 17.2 Å². The number of aliphatic hydroxyl groups excluding tert-OH is 1. The van der Waals surface area contributed by atoms with Crippen LogP contribution in [0, 0.1) is 11.6 Å². The summed E-state index contributed by atoms with van der Waals surface area (Å²) in [7, 11) is 0. The number of primary amides is 1. The molecule has 1 amide bonds. The SMILES string of the molecule is NC(=O)C1=C(N)SC(c2c(F)cccc2F)N1c1cnc2c(c1N1CCC[C@H](N)C1)CC[C@H]2O. The van der Waals surface area contributed by atoms with E-state index in [2.05, 4.69) is 9.88 Å². The number of hydrogen-bond acceptors (Lipinski definition) is 8. The smallest absolute Gasteiger partial charge is 0.268 e. The number of hydrogen-bond donors (Lipinski definition) is 4. The van der Waals surface area contributed by atoms with Gasteiger partial charge in [-0.15, -0.1) is 0 Å². The highest BCUT2D eigenvalue weighted by molar-refractivity contribution is 8.03. The lowest BCUT2D eigenvalue weighted by Crippen LogP contribution is -2.44. The molecule has 0 saturated carbocycles. The topological polar surface area (TPSA) is 135 Å². The van der Waals surface area contributed by atoms with Gasteiger partial charge in [-0.1, -0.05) is 17.8 Å². The number of aromatic nitrogens is 1. The molecule has 3 aliphatic rings. The van der Waals surface area contributed by atoms with E-state index in [-0.39, 0.29) is 22.3 Å². The lowest BCUT2D eigenvalue weighted by molar-refractivity contribution is -0.114. The lowest BCUT2D eigenvalue weighted by atomic mass is 10.0. The highest BCUT2D eigenvalue weighted by Gasteiger charge is 2.42. The van der Waals surface area contributed by atoms with Gasteiger partial charge in [-0.05, 0) is 37.8 Å². The fraction of sp³-hybridized carbons (Fsp3) is 0.391. The van der Waals surface area contributed by atoms with E-state index in [4.69, 9.17) is 17.2 Å². The number of rotatable bonds is 4. The van der Waals surface area contributed by atoms with Crippen LogP contribution in [0.25, 0.3) is 0 Å². The number of thioether (sulfide) groups is 1. The van der Waals surface area contributed by atoms with Crippen LogP contribution in [0.15, 0.2) is 35.1 Å². The quantitative estimate of drug-likeness (QED) is 0.514. The normalized spacial score (nSPS) is 24.6. The number of nitrogens with two attached hydrogens (primary N) is 3. The van der Waals surface area contributed by atoms with Gasteiger partial charge in [-0.3, -0.25) is 9.78 Å². The summed E-state index contributed by atoms with van der Waals surface area (Å²) < 4.78 is 29.8. The van der Waals surface area contributed by atoms with E-state index in [9.17, 15) is 18.7 Å². The van der Waals surface area contributed by atoms with Gasteiger partial charge < -0.3 is 32.1 Å². The monoisotopic (exact) mass is 488 g/mol. The Bertz CT molecular complexity index is 1170. The fourth-order valence-electron chi connectivity index (χ4n) is 5.13. The Balaban J connectivity index is 1.73. The number of pyridine rings is 1. The minimum absolute atomic E-state index is 0.0412. The number of amides is 1. The molecule has 2 aliphatic heterocycles. The van der Waals surface area contributed by atoms with Crippen molar-refractivity contribution in [2.75, 3.05) is 22.9 Å². The molecule has 180 valence electrons. The van der Waals surface area contributed by atoms with E-state index in [1.54, 1.807) is 0 Å². The summed E-state index contributed by atoms with van der Waals surface area (Å²) in [6.45, 7) is 1.27. The van der Waals surface area contributed by atoms with Gasteiger partial charge in [0, 0.05) is 24.7 Å². The van der Waals surface area contributed by atoms with Gasteiger partial charge in [0.05, 0.1) is 40.0 Å². The van der Waals surface area contributed by atoms with Crippen LogP contribution in [0.4, 0.5) is 20.2 Å². The van der Waals surface area contributed by atoms with E-state index < -0.39 is 29.0 Å². The molecule has 1 saturated heterocycles. The van der Waals surface area contributed by atoms with Crippen LogP contribution in [0.3, 0.4) is 0 Å². The molecular weight excluding hydrogens is 462 g/mol. The average molecular weight is 489 g/mol. The highest BCUT2D eigenvalue weighted by Crippen LogP contribution is 2.53. The first-order valence-corrected chi connectivity index (χ1v) is 12.1. The maximum Gasteiger partial charge on any atom is 0.268 e. The Kier molecular flexibility index (Phi) is 5.86. The Labute approximate surface area is 199 Å². The molecule has 1 unspecified atom stereocenters. The van der Waals surface area contributed by atoms with Crippen molar-refractivity contribution >= 4 is 29.0 Å². The molecule has 3 heterocycles. The van der Waals surface area contributed by atoms with Crippen LogP contribution in [0.5, 0.6) is 0 Å². The second-order valence-electron chi connectivity index (χ2n) is 8.81. The van der Waals surface area contributed by atoms with Gasteiger partial charge >= 0.3 is 0 Å². The van der Waals surface area contributed by atoms with Gasteiger partial charge in [0.1, 0.15) is 22.7 Å². The maximum absolute atomic E-state index is 14.9. The van der Waals surface area contributed by atoms with Gasteiger partial charge in [-0.25, -0.2) is 8.78 Å². The molecule has 5 rings (SSSR count). The van der Waals surface area contributed by atoms with E-state index >= 15 is 0 Å². The van der Waals surface area contributed by atoms with Crippen molar-refractivity contribution in [2.45, 2.75) is 43.2 Å². The van der Waals surface area contributed by atoms with E-state index in [0.29, 0.717) is 37.3 Å². The summed E-state index contributed by atoms with van der Waals surface area (Å²) >= 11 is 0.958. The molecule has 1 fully saturated rings. The van der Waals surface area contributed by atoms with Crippen molar-refractivity contribution in [1.82, 2.24) is 4.98 Å². The molecule has 1 aromatic heterocycles. The predicted molar refractivity (Wildman–Crippen MR) is 127 cm³/mol. The summed E-state index contributed by atoms with van der Waals surface area (Å²) in [6.07, 6.45) is 3.65. The molecule has 0 radical (unpaired) electrons. The second-order valence-corrected chi connectivity index (χ2v) is 9.93. The largest absolute Gasteiger partial charge is 0.392 e. The van der Waals surface area contributed by atoms with Crippen LogP contribution in [-0.4, -0.2) is 35.1 Å². The van der Waals surface area contributed by atoms with Crippen molar-refractivity contribution in [3.8, 4) is 0 Å². The summed E-state index contributed by atoms with van der Waals surface area (Å²) in [5, 5.41) is 9.54. The van der Waals surface area contributed by atoms with Gasteiger partial charge in [-0.2, -0.15) is 0 Å². The summed E-state index contributed by atoms with van der Waals surface area (Å²) in [5.41, 5.74) is 20.5. The second kappa shape index (κ2) is 8.71. The van der Waals surface area contributed by atoms with Gasteiger partial charge in [0.25, 0.3) is 5.91 Å². The lowest BCUT2D eigenvalue weighted by Gasteiger charge is -2.38. The van der Waals surface area contributed by atoms with Crippen molar-refractivity contribution in [2.24, 2.45) is 17.2 Å². The molecule has 11 heteroatoms. The molecule has 8 nitrogen and oxygen atoms in total. The zero-order chi connectivity index (χ0) is 24.1. The van der Waals surface area contributed by atoms with Crippen molar-refractivity contribution in [1.29, 1.82) is 0 Å². The summed E-state index contributed by atoms with van der Waals surface area (Å²) in [6, 6.07) is 3.55. The summed E-state index contributed by atoms with van der Waals surface area (Å²) in [4.78, 5) is 20.6. The number of carbonyl (C=O) groups is 1. The zero-order valence-electron chi connectivity index (χ0n) is 18.4. The Morgan fingerprint density at radius 1 is 1.24 bits per heavy atom. The molecule has 1 aromatic carbocycles. The van der Waals surface area contributed by atoms with Crippen LogP contribution < -0.4 is 27.0 Å². The third-order valence-electron chi connectivity index (χ3n) is 6.61. The molecule has 1 aliphatic carbocycles. The molecule has 2 aromatic rings. The van der Waals surface area contributed by atoms with Crippen LogP contribution >= 0.6 is 11.8 Å². The van der Waals surface area contributed by atoms with Crippen molar-refractivity contribution in [3.05, 3.63) is 63.6 Å². The maximum atomic E-state index is 14.9. The highest BCUT2D eigenvalue weighted by atomic mass is 32.2.